The lowest BCUT2D eigenvalue weighted by Gasteiger charge is -2.34. The molecule has 0 saturated heterocycles. The fourth-order valence-electron chi connectivity index (χ4n) is 1.52. The first-order chi connectivity index (χ1) is 9.01. The largest absolute Gasteiger partial charge is 0.460 e. The number of nitrogens with zero attached hydrogens (tertiary/aromatic N) is 1. The highest BCUT2D eigenvalue weighted by Gasteiger charge is 2.25. The van der Waals surface area contributed by atoms with E-state index >= 15 is 0 Å². The van der Waals surface area contributed by atoms with Gasteiger partial charge < -0.3 is 9.64 Å². The van der Waals surface area contributed by atoms with Gasteiger partial charge in [-0.1, -0.05) is 34.7 Å². The molecular formula is C16H24INO2. The predicted octanol–water partition coefficient (Wildman–Crippen LogP) is 4.18. The van der Waals surface area contributed by atoms with Crippen molar-refractivity contribution in [2.24, 2.45) is 0 Å². The topological polar surface area (TPSA) is 29.5 Å². The van der Waals surface area contributed by atoms with E-state index in [0.717, 1.165) is 11.3 Å². The summed E-state index contributed by atoms with van der Waals surface area (Å²) in [5.41, 5.74) is 2.24. The number of carbonyl (C=O) groups is 1. The summed E-state index contributed by atoms with van der Waals surface area (Å²) in [5, 5.41) is 0. The van der Waals surface area contributed by atoms with Gasteiger partial charge in [0.25, 0.3) is 0 Å². The maximum Gasteiger partial charge on any atom is 0.321 e. The van der Waals surface area contributed by atoms with Crippen LogP contribution in [0.4, 0.5) is 5.69 Å². The summed E-state index contributed by atoms with van der Waals surface area (Å²) >= 11 is 2.09. The van der Waals surface area contributed by atoms with Gasteiger partial charge in [-0.25, -0.2) is 0 Å². The molecule has 1 rings (SSSR count). The molecule has 0 unspecified atom stereocenters. The first kappa shape index (κ1) is 17.3. The van der Waals surface area contributed by atoms with Crippen molar-refractivity contribution in [3.63, 3.8) is 0 Å². The molecule has 0 radical (unpaired) electrons. The zero-order valence-corrected chi connectivity index (χ0v) is 15.3. The molecule has 0 aliphatic carbocycles. The van der Waals surface area contributed by atoms with Gasteiger partial charge in [0, 0.05) is 18.3 Å². The Labute approximate surface area is 135 Å². The van der Waals surface area contributed by atoms with Crippen LogP contribution in [0.2, 0.25) is 0 Å². The highest BCUT2D eigenvalue weighted by Crippen LogP contribution is 2.23. The van der Waals surface area contributed by atoms with Crippen molar-refractivity contribution in [2.75, 3.05) is 11.9 Å². The molecule has 0 saturated carbocycles. The maximum atomic E-state index is 11.7. The molecule has 0 aliphatic rings. The molecule has 3 nitrogen and oxygen atoms in total. The minimum Gasteiger partial charge on any atom is -0.460 e. The van der Waals surface area contributed by atoms with E-state index in [1.54, 1.807) is 0 Å². The minimum atomic E-state index is -0.482. The number of anilines is 1. The smallest absolute Gasteiger partial charge is 0.321 e. The second kappa shape index (κ2) is 6.33. The summed E-state index contributed by atoms with van der Waals surface area (Å²) in [7, 11) is 2.08. The molecule has 20 heavy (non-hydrogen) atoms. The second-order valence-corrected chi connectivity index (χ2v) is 9.14. The quantitative estimate of drug-likeness (QED) is 0.440. The van der Waals surface area contributed by atoms with Gasteiger partial charge in [0.1, 0.15) is 10.0 Å². The molecule has 112 valence electrons. The van der Waals surface area contributed by atoms with Crippen LogP contribution in [0.3, 0.4) is 0 Å². The third kappa shape index (κ3) is 4.96. The molecular weight excluding hydrogens is 365 g/mol. The Kier molecular flexibility index (Phi) is 5.46. The van der Waals surface area contributed by atoms with Crippen molar-refractivity contribution in [1.82, 2.24) is 0 Å². The number of esters is 1. The summed E-state index contributed by atoms with van der Waals surface area (Å²) in [6.07, 6.45) is 0. The fourth-order valence-corrected chi connectivity index (χ4v) is 1.68. The Morgan fingerprint density at radius 1 is 1.15 bits per heavy atom. The van der Waals surface area contributed by atoms with Gasteiger partial charge in [0.15, 0.2) is 0 Å². The van der Waals surface area contributed by atoms with Crippen LogP contribution in [0.5, 0.6) is 0 Å². The van der Waals surface area contributed by atoms with Crippen molar-refractivity contribution in [3.8, 4) is 0 Å². The highest BCUT2D eigenvalue weighted by atomic mass is 127. The van der Waals surface area contributed by atoms with E-state index in [4.69, 9.17) is 4.74 Å². The van der Waals surface area contributed by atoms with Crippen molar-refractivity contribution in [2.45, 2.75) is 50.2 Å². The SMILES string of the molecule is CN(c1ccc(COC(=O)C(C)(C)I)cc1)C(C)(C)C. The molecule has 0 atom stereocenters. The molecule has 0 aliphatic heterocycles. The maximum absolute atomic E-state index is 11.7. The fraction of sp³-hybridized carbons (Fsp3) is 0.562. The van der Waals surface area contributed by atoms with Crippen molar-refractivity contribution in [3.05, 3.63) is 29.8 Å². The number of carbonyl (C=O) groups excluding carboxylic acids is 1. The van der Waals surface area contributed by atoms with E-state index in [0.29, 0.717) is 6.61 Å². The van der Waals surface area contributed by atoms with E-state index in [-0.39, 0.29) is 11.5 Å². The Balaban J connectivity index is 2.66. The van der Waals surface area contributed by atoms with E-state index < -0.39 is 3.42 Å². The number of alkyl halides is 1. The summed E-state index contributed by atoms with van der Waals surface area (Å²) in [6, 6.07) is 8.13. The van der Waals surface area contributed by atoms with Gasteiger partial charge in [0.05, 0.1) is 0 Å². The Morgan fingerprint density at radius 3 is 2.05 bits per heavy atom. The van der Waals surface area contributed by atoms with Crippen LogP contribution >= 0.6 is 22.6 Å². The number of hydrogen-bond acceptors (Lipinski definition) is 3. The minimum absolute atomic E-state index is 0.0826. The number of hydrogen-bond donors (Lipinski definition) is 0. The van der Waals surface area contributed by atoms with Gasteiger partial charge in [-0.2, -0.15) is 0 Å². The average Bonchev–Trinajstić information content (AvgIpc) is 2.33. The molecule has 0 bridgehead atoms. The van der Waals surface area contributed by atoms with Crippen molar-refractivity contribution >= 4 is 34.2 Å². The molecule has 0 heterocycles. The van der Waals surface area contributed by atoms with Gasteiger partial charge in [0.2, 0.25) is 0 Å². The van der Waals surface area contributed by atoms with Gasteiger partial charge in [-0.3, -0.25) is 4.79 Å². The lowest BCUT2D eigenvalue weighted by atomic mass is 10.1. The van der Waals surface area contributed by atoms with E-state index in [9.17, 15) is 4.79 Å². The first-order valence-corrected chi connectivity index (χ1v) is 7.78. The van der Waals surface area contributed by atoms with Crippen LogP contribution in [-0.2, 0) is 16.1 Å². The van der Waals surface area contributed by atoms with Crippen molar-refractivity contribution in [1.29, 1.82) is 0 Å². The standard InChI is InChI=1S/C16H24INO2/c1-15(2,3)18(6)13-9-7-12(8-10-13)11-20-14(19)16(4,5)17/h7-10H,11H2,1-6H3. The van der Waals surface area contributed by atoms with Gasteiger partial charge in [-0.05, 0) is 52.3 Å². The van der Waals surface area contributed by atoms with Gasteiger partial charge in [-0.15, -0.1) is 0 Å². The number of ether oxygens (including phenoxy) is 1. The number of rotatable bonds is 4. The molecule has 1 aromatic carbocycles. The summed E-state index contributed by atoms with van der Waals surface area (Å²) in [4.78, 5) is 13.9. The van der Waals surface area contributed by atoms with Crippen LogP contribution in [0.25, 0.3) is 0 Å². The summed E-state index contributed by atoms with van der Waals surface area (Å²) in [5.74, 6) is -0.186. The third-order valence-electron chi connectivity index (χ3n) is 3.19. The molecule has 0 fully saturated rings. The molecule has 4 heteroatoms. The Hall–Kier alpha value is -0.780. The second-order valence-electron chi connectivity index (χ2n) is 6.44. The van der Waals surface area contributed by atoms with E-state index in [1.165, 1.54) is 0 Å². The van der Waals surface area contributed by atoms with Crippen LogP contribution in [-0.4, -0.2) is 22.0 Å². The molecule has 0 aromatic heterocycles. The van der Waals surface area contributed by atoms with Crippen LogP contribution in [0.1, 0.15) is 40.2 Å². The molecule has 0 N–H and O–H groups in total. The summed E-state index contributed by atoms with van der Waals surface area (Å²) < 4.78 is 4.82. The van der Waals surface area contributed by atoms with Gasteiger partial charge >= 0.3 is 5.97 Å². The monoisotopic (exact) mass is 389 g/mol. The van der Waals surface area contributed by atoms with Crippen LogP contribution in [0, 0.1) is 0 Å². The zero-order chi connectivity index (χ0) is 15.6. The lowest BCUT2D eigenvalue weighted by molar-refractivity contribution is -0.146. The van der Waals surface area contributed by atoms with E-state index in [2.05, 4.69) is 67.4 Å². The van der Waals surface area contributed by atoms with Crippen molar-refractivity contribution < 1.29 is 9.53 Å². The summed E-state index contributed by atoms with van der Waals surface area (Å²) in [6.45, 7) is 10.5. The molecule has 0 amide bonds. The Morgan fingerprint density at radius 2 is 1.65 bits per heavy atom. The number of halogens is 1. The highest BCUT2D eigenvalue weighted by molar-refractivity contribution is 14.1. The molecule has 1 aromatic rings. The zero-order valence-electron chi connectivity index (χ0n) is 13.2. The van der Waals surface area contributed by atoms with Crippen LogP contribution < -0.4 is 4.90 Å². The predicted molar refractivity (Wildman–Crippen MR) is 92.5 cm³/mol. The molecule has 0 spiro atoms. The number of benzene rings is 1. The Bertz CT molecular complexity index is 455. The third-order valence-corrected chi connectivity index (χ3v) is 3.63. The van der Waals surface area contributed by atoms with Crippen LogP contribution in [0.15, 0.2) is 24.3 Å². The normalized spacial score (nSPS) is 12.2. The average molecular weight is 389 g/mol. The lowest BCUT2D eigenvalue weighted by Crippen LogP contribution is -2.37. The van der Waals surface area contributed by atoms with E-state index in [1.807, 2.05) is 26.0 Å². The first-order valence-electron chi connectivity index (χ1n) is 6.71.